The van der Waals surface area contributed by atoms with Crippen LogP contribution in [-0.4, -0.2) is 40.5 Å². The number of hydrogen-bond donors (Lipinski definition) is 1. The lowest BCUT2D eigenvalue weighted by atomic mass is 9.98. The molecule has 0 unspecified atom stereocenters. The third-order valence-electron chi connectivity index (χ3n) is 5.99. The Hall–Kier alpha value is -3.78. The molecule has 0 saturated carbocycles. The number of piperazine rings is 1. The zero-order chi connectivity index (χ0) is 20.4. The number of anilines is 1. The van der Waals surface area contributed by atoms with Gasteiger partial charge in [0, 0.05) is 48.4 Å². The van der Waals surface area contributed by atoms with Gasteiger partial charge < -0.3 is 10.2 Å². The molecule has 0 radical (unpaired) electrons. The number of para-hydroxylation sites is 2. The number of nitrogens with zero attached hydrogens (tertiary/aromatic N) is 4. The van der Waals surface area contributed by atoms with Crippen molar-refractivity contribution in [3.63, 3.8) is 0 Å². The standard InChI is InChI=1S/C22H17N5O3/c28-22-14-5-3-4-13-17(25-10-8-23-9-11-25)12-18(27(29)30)20(19(13)14)21-24-15-6-1-2-7-16(15)26(21)22/h1-7,12,23H,8-11H2. The minimum absolute atomic E-state index is 0.0208. The first kappa shape index (κ1) is 17.1. The maximum Gasteiger partial charge on any atom is 0.283 e. The summed E-state index contributed by atoms with van der Waals surface area (Å²) in [5.74, 6) is 0. The van der Waals surface area contributed by atoms with E-state index in [1.807, 2.05) is 36.4 Å². The Labute approximate surface area is 169 Å². The van der Waals surface area contributed by atoms with Crippen LogP contribution in [0.5, 0.6) is 0 Å². The molecule has 6 rings (SSSR count). The van der Waals surface area contributed by atoms with Gasteiger partial charge in [0.2, 0.25) is 0 Å². The van der Waals surface area contributed by atoms with Gasteiger partial charge in [-0.2, -0.15) is 0 Å². The van der Waals surface area contributed by atoms with E-state index in [0.717, 1.165) is 37.3 Å². The van der Waals surface area contributed by atoms with Gasteiger partial charge in [-0.15, -0.1) is 0 Å². The first-order chi connectivity index (χ1) is 14.6. The van der Waals surface area contributed by atoms with Crippen molar-refractivity contribution in [2.45, 2.75) is 0 Å². The number of fused-ring (bicyclic) bond motifs is 4. The molecule has 0 bridgehead atoms. The minimum atomic E-state index is -0.364. The first-order valence-corrected chi connectivity index (χ1v) is 9.87. The Kier molecular flexibility index (Phi) is 3.48. The number of nitro benzene ring substituents is 1. The predicted molar refractivity (Wildman–Crippen MR) is 117 cm³/mol. The summed E-state index contributed by atoms with van der Waals surface area (Å²) in [5.41, 5.74) is 2.20. The van der Waals surface area contributed by atoms with Crippen LogP contribution >= 0.6 is 0 Å². The van der Waals surface area contributed by atoms with E-state index in [1.165, 1.54) is 4.40 Å². The van der Waals surface area contributed by atoms with E-state index in [9.17, 15) is 14.9 Å². The predicted octanol–water partition coefficient (Wildman–Crippen LogP) is 2.91. The summed E-state index contributed by atoms with van der Waals surface area (Å²) >= 11 is 0. The lowest BCUT2D eigenvalue weighted by Gasteiger charge is -2.30. The molecular formula is C22H17N5O3. The maximum atomic E-state index is 13.5. The number of imidazole rings is 1. The largest absolute Gasteiger partial charge is 0.368 e. The van der Waals surface area contributed by atoms with Crippen molar-refractivity contribution in [2.75, 3.05) is 31.1 Å². The average molecular weight is 399 g/mol. The van der Waals surface area contributed by atoms with Crippen LogP contribution in [0.1, 0.15) is 0 Å². The molecule has 1 aliphatic heterocycles. The fourth-order valence-electron chi connectivity index (χ4n) is 4.68. The molecule has 3 heterocycles. The fraction of sp³-hybridized carbons (Fsp3) is 0.182. The molecule has 1 saturated heterocycles. The van der Waals surface area contributed by atoms with Crippen LogP contribution in [0.25, 0.3) is 38.2 Å². The lowest BCUT2D eigenvalue weighted by Crippen LogP contribution is -2.43. The highest BCUT2D eigenvalue weighted by Crippen LogP contribution is 2.41. The minimum Gasteiger partial charge on any atom is -0.368 e. The summed E-state index contributed by atoms with van der Waals surface area (Å²) in [7, 11) is 0. The molecule has 8 heteroatoms. The Morgan fingerprint density at radius 1 is 1.00 bits per heavy atom. The van der Waals surface area contributed by atoms with Crippen LogP contribution in [0.15, 0.2) is 53.3 Å². The van der Waals surface area contributed by atoms with Gasteiger partial charge in [0.25, 0.3) is 11.2 Å². The summed E-state index contributed by atoms with van der Waals surface area (Å²) < 4.78 is 1.50. The number of aromatic nitrogens is 2. The van der Waals surface area contributed by atoms with Gasteiger partial charge in [0.1, 0.15) is 5.39 Å². The van der Waals surface area contributed by atoms with Crippen LogP contribution in [0, 0.1) is 10.1 Å². The van der Waals surface area contributed by atoms with Crippen molar-refractivity contribution in [1.82, 2.24) is 14.7 Å². The molecule has 0 atom stereocenters. The number of non-ortho nitro benzene ring substituents is 1. The van der Waals surface area contributed by atoms with Crippen LogP contribution < -0.4 is 15.8 Å². The van der Waals surface area contributed by atoms with Crippen LogP contribution in [0.3, 0.4) is 0 Å². The van der Waals surface area contributed by atoms with Gasteiger partial charge in [0.05, 0.1) is 21.6 Å². The van der Waals surface area contributed by atoms with Gasteiger partial charge >= 0.3 is 0 Å². The van der Waals surface area contributed by atoms with Crippen molar-refractivity contribution in [3.05, 3.63) is 69.0 Å². The SMILES string of the molecule is O=c1c2cccc3c(N4CCNCC4)cc([N+](=O)[O-])c(c32)c2nc3ccccc3n12. The molecule has 3 aromatic carbocycles. The molecular weight excluding hydrogens is 382 g/mol. The zero-order valence-corrected chi connectivity index (χ0v) is 16.0. The fourth-order valence-corrected chi connectivity index (χ4v) is 4.68. The van der Waals surface area contributed by atoms with Crippen LogP contribution in [0.4, 0.5) is 11.4 Å². The molecule has 148 valence electrons. The average Bonchev–Trinajstić information content (AvgIpc) is 3.17. The normalized spacial score (nSPS) is 15.0. The molecule has 0 amide bonds. The van der Waals surface area contributed by atoms with Crippen molar-refractivity contribution >= 4 is 49.6 Å². The Balaban J connectivity index is 1.87. The monoisotopic (exact) mass is 399 g/mol. The second kappa shape index (κ2) is 6.11. The molecule has 8 nitrogen and oxygen atoms in total. The molecule has 1 N–H and O–H groups in total. The van der Waals surface area contributed by atoms with Gasteiger partial charge in [-0.05, 0) is 18.2 Å². The summed E-state index contributed by atoms with van der Waals surface area (Å²) in [6.07, 6.45) is 0. The highest BCUT2D eigenvalue weighted by molar-refractivity contribution is 6.22. The maximum absolute atomic E-state index is 13.5. The van der Waals surface area contributed by atoms with E-state index in [0.29, 0.717) is 32.8 Å². The van der Waals surface area contributed by atoms with E-state index in [-0.39, 0.29) is 16.2 Å². The zero-order valence-electron chi connectivity index (χ0n) is 16.0. The van der Waals surface area contributed by atoms with Gasteiger partial charge in [-0.25, -0.2) is 4.98 Å². The molecule has 0 spiro atoms. The molecule has 0 aliphatic carbocycles. The summed E-state index contributed by atoms with van der Waals surface area (Å²) in [6.45, 7) is 3.13. The van der Waals surface area contributed by atoms with E-state index < -0.39 is 0 Å². The second-order valence-corrected chi connectivity index (χ2v) is 7.58. The molecule has 1 fully saturated rings. The smallest absolute Gasteiger partial charge is 0.283 e. The van der Waals surface area contributed by atoms with E-state index in [2.05, 4.69) is 15.2 Å². The Morgan fingerprint density at radius 2 is 1.77 bits per heavy atom. The number of nitrogens with one attached hydrogen (secondary N) is 1. The molecule has 30 heavy (non-hydrogen) atoms. The van der Waals surface area contributed by atoms with Gasteiger partial charge in [0.15, 0.2) is 5.65 Å². The number of rotatable bonds is 2. The third kappa shape index (κ3) is 2.19. The summed E-state index contributed by atoms with van der Waals surface area (Å²) in [5, 5.41) is 17.8. The van der Waals surface area contributed by atoms with Crippen LogP contribution in [0.2, 0.25) is 0 Å². The Bertz CT molecular complexity index is 1540. The van der Waals surface area contributed by atoms with Gasteiger partial charge in [-0.1, -0.05) is 24.3 Å². The van der Waals surface area contributed by atoms with Crippen LogP contribution in [-0.2, 0) is 0 Å². The number of benzene rings is 3. The highest BCUT2D eigenvalue weighted by atomic mass is 16.6. The number of hydrogen-bond acceptors (Lipinski definition) is 6. The van der Waals surface area contributed by atoms with Gasteiger partial charge in [-0.3, -0.25) is 19.3 Å². The van der Waals surface area contributed by atoms with Crippen molar-refractivity contribution in [3.8, 4) is 0 Å². The molecule has 1 aliphatic rings. The molecule has 2 aromatic heterocycles. The number of nitro groups is 1. The Morgan fingerprint density at radius 3 is 2.57 bits per heavy atom. The molecule has 5 aromatic rings. The van der Waals surface area contributed by atoms with E-state index in [4.69, 9.17) is 0 Å². The van der Waals surface area contributed by atoms with E-state index in [1.54, 1.807) is 12.1 Å². The van der Waals surface area contributed by atoms with Crippen molar-refractivity contribution < 1.29 is 4.92 Å². The topological polar surface area (TPSA) is 92.8 Å². The highest BCUT2D eigenvalue weighted by Gasteiger charge is 2.27. The quantitative estimate of drug-likeness (QED) is 0.362. The summed E-state index contributed by atoms with van der Waals surface area (Å²) in [4.78, 5) is 32.0. The second-order valence-electron chi connectivity index (χ2n) is 7.58. The third-order valence-corrected chi connectivity index (χ3v) is 5.99. The van der Waals surface area contributed by atoms with Crippen molar-refractivity contribution in [2.24, 2.45) is 0 Å². The summed E-state index contributed by atoms with van der Waals surface area (Å²) in [6, 6.07) is 14.5. The van der Waals surface area contributed by atoms with E-state index >= 15 is 0 Å². The first-order valence-electron chi connectivity index (χ1n) is 9.87. The number of pyridine rings is 1. The lowest BCUT2D eigenvalue weighted by molar-refractivity contribution is -0.382. The van der Waals surface area contributed by atoms with Crippen molar-refractivity contribution in [1.29, 1.82) is 0 Å².